The van der Waals surface area contributed by atoms with Crippen molar-refractivity contribution >= 4 is 11.7 Å². The molecule has 0 aromatic carbocycles. The second-order valence-corrected chi connectivity index (χ2v) is 4.93. The Labute approximate surface area is 118 Å². The number of carbonyl (C=O) groups is 1. The molecule has 0 bridgehead atoms. The lowest BCUT2D eigenvalue weighted by molar-refractivity contribution is -0.158. The Morgan fingerprint density at radius 3 is 2.70 bits per heavy atom. The van der Waals surface area contributed by atoms with Gasteiger partial charge in [-0.15, -0.1) is 0 Å². The zero-order valence-corrected chi connectivity index (χ0v) is 11.4. The monoisotopic (exact) mass is 277 g/mol. The molecule has 2 fully saturated rings. The fourth-order valence-electron chi connectivity index (χ4n) is 2.53. The molecule has 6 nitrogen and oxygen atoms in total. The third-order valence-corrected chi connectivity index (χ3v) is 3.66. The molecule has 1 atom stereocenters. The predicted molar refractivity (Wildman–Crippen MR) is 73.6 cm³/mol. The van der Waals surface area contributed by atoms with Crippen molar-refractivity contribution in [1.82, 2.24) is 9.88 Å². The van der Waals surface area contributed by atoms with Crippen LogP contribution in [-0.4, -0.2) is 67.9 Å². The molecule has 2 aliphatic rings. The first-order valence-electron chi connectivity index (χ1n) is 6.99. The van der Waals surface area contributed by atoms with Crippen molar-refractivity contribution in [2.45, 2.75) is 6.10 Å². The molecule has 3 rings (SSSR count). The average molecular weight is 277 g/mol. The molecule has 20 heavy (non-hydrogen) atoms. The molecular formula is C14H19N3O3. The topological polar surface area (TPSA) is 54.9 Å². The Kier molecular flexibility index (Phi) is 4.13. The van der Waals surface area contributed by atoms with E-state index in [1.807, 2.05) is 23.1 Å². The molecule has 0 N–H and O–H groups in total. The van der Waals surface area contributed by atoms with Crippen LogP contribution in [0.2, 0.25) is 0 Å². The van der Waals surface area contributed by atoms with Crippen LogP contribution in [-0.2, 0) is 14.3 Å². The molecule has 0 spiro atoms. The summed E-state index contributed by atoms with van der Waals surface area (Å²) in [5.74, 6) is 1.02. The first kappa shape index (κ1) is 13.3. The highest BCUT2D eigenvalue weighted by Crippen LogP contribution is 2.14. The zero-order chi connectivity index (χ0) is 13.8. The van der Waals surface area contributed by atoms with Gasteiger partial charge < -0.3 is 19.3 Å². The van der Waals surface area contributed by atoms with E-state index < -0.39 is 6.10 Å². The second-order valence-electron chi connectivity index (χ2n) is 4.93. The molecule has 0 saturated carbocycles. The van der Waals surface area contributed by atoms with Crippen LogP contribution in [0.15, 0.2) is 24.4 Å². The minimum Gasteiger partial charge on any atom is -0.376 e. The van der Waals surface area contributed by atoms with Crippen LogP contribution in [0.4, 0.5) is 5.82 Å². The lowest BCUT2D eigenvalue weighted by Crippen LogP contribution is -2.53. The van der Waals surface area contributed by atoms with Gasteiger partial charge in [-0.05, 0) is 12.1 Å². The van der Waals surface area contributed by atoms with Crippen molar-refractivity contribution in [3.63, 3.8) is 0 Å². The number of amides is 1. The quantitative estimate of drug-likeness (QED) is 0.770. The molecule has 3 heterocycles. The SMILES string of the molecule is O=C(C1COCCO1)N1CCN(c2ccccn2)CC1. The summed E-state index contributed by atoms with van der Waals surface area (Å²) in [7, 11) is 0. The molecule has 1 aromatic heterocycles. The molecule has 2 saturated heterocycles. The first-order valence-corrected chi connectivity index (χ1v) is 6.99. The summed E-state index contributed by atoms with van der Waals surface area (Å²) >= 11 is 0. The molecule has 1 amide bonds. The van der Waals surface area contributed by atoms with Crippen molar-refractivity contribution in [2.75, 3.05) is 50.9 Å². The Hall–Kier alpha value is -1.66. The molecule has 1 aromatic rings. The summed E-state index contributed by atoms with van der Waals surface area (Å²) in [6.07, 6.45) is 1.37. The van der Waals surface area contributed by atoms with Gasteiger partial charge >= 0.3 is 0 Å². The first-order chi connectivity index (χ1) is 9.84. The number of carbonyl (C=O) groups excluding carboxylic acids is 1. The summed E-state index contributed by atoms with van der Waals surface area (Å²) in [6, 6.07) is 5.88. The highest BCUT2D eigenvalue weighted by Gasteiger charge is 2.29. The smallest absolute Gasteiger partial charge is 0.254 e. The Bertz CT molecular complexity index is 440. The molecule has 108 valence electrons. The van der Waals surface area contributed by atoms with Crippen molar-refractivity contribution in [1.29, 1.82) is 0 Å². The van der Waals surface area contributed by atoms with Crippen LogP contribution in [0.3, 0.4) is 0 Å². The Balaban J connectivity index is 1.54. The molecule has 2 aliphatic heterocycles. The largest absolute Gasteiger partial charge is 0.376 e. The van der Waals surface area contributed by atoms with Gasteiger partial charge in [-0.25, -0.2) is 4.98 Å². The number of nitrogens with zero attached hydrogens (tertiary/aromatic N) is 3. The molecular weight excluding hydrogens is 258 g/mol. The normalized spacial score (nSPS) is 23.7. The summed E-state index contributed by atoms with van der Waals surface area (Å²) in [5, 5.41) is 0. The zero-order valence-electron chi connectivity index (χ0n) is 11.4. The van der Waals surface area contributed by atoms with E-state index in [2.05, 4.69) is 9.88 Å². The maximum absolute atomic E-state index is 12.3. The summed E-state index contributed by atoms with van der Waals surface area (Å²) in [4.78, 5) is 20.7. The van der Waals surface area contributed by atoms with E-state index in [-0.39, 0.29) is 5.91 Å². The third kappa shape index (κ3) is 2.91. The maximum Gasteiger partial charge on any atom is 0.254 e. The van der Waals surface area contributed by atoms with Gasteiger partial charge in [0.2, 0.25) is 0 Å². The Morgan fingerprint density at radius 2 is 2.05 bits per heavy atom. The number of rotatable bonds is 2. The van der Waals surface area contributed by atoms with Crippen molar-refractivity contribution in [2.24, 2.45) is 0 Å². The van der Waals surface area contributed by atoms with Gasteiger partial charge in [0.05, 0.1) is 19.8 Å². The van der Waals surface area contributed by atoms with Crippen LogP contribution in [0.5, 0.6) is 0 Å². The van der Waals surface area contributed by atoms with Gasteiger partial charge in [-0.1, -0.05) is 6.07 Å². The minimum atomic E-state index is -0.426. The van der Waals surface area contributed by atoms with Gasteiger partial charge in [0.1, 0.15) is 5.82 Å². The fourth-order valence-corrected chi connectivity index (χ4v) is 2.53. The number of anilines is 1. The predicted octanol–water partition coefficient (Wildman–Crippen LogP) is 0.146. The molecule has 6 heteroatoms. The van der Waals surface area contributed by atoms with E-state index in [0.717, 1.165) is 18.9 Å². The van der Waals surface area contributed by atoms with Crippen LogP contribution in [0.25, 0.3) is 0 Å². The van der Waals surface area contributed by atoms with E-state index in [4.69, 9.17) is 9.47 Å². The summed E-state index contributed by atoms with van der Waals surface area (Å²) in [5.41, 5.74) is 0. The fraction of sp³-hybridized carbons (Fsp3) is 0.571. The van der Waals surface area contributed by atoms with Crippen LogP contribution < -0.4 is 4.90 Å². The van der Waals surface area contributed by atoms with Crippen LogP contribution in [0.1, 0.15) is 0 Å². The van der Waals surface area contributed by atoms with Crippen LogP contribution in [0, 0.1) is 0 Å². The van der Waals surface area contributed by atoms with E-state index in [1.165, 1.54) is 0 Å². The summed E-state index contributed by atoms with van der Waals surface area (Å²) in [6.45, 7) is 4.47. The van der Waals surface area contributed by atoms with Gasteiger partial charge in [-0.3, -0.25) is 4.79 Å². The standard InChI is InChI=1S/C14H19N3O3/c18-14(12-11-19-9-10-20-12)17-7-5-16(6-8-17)13-3-1-2-4-15-13/h1-4,12H,5-11H2. The lowest BCUT2D eigenvalue weighted by atomic mass is 10.2. The number of pyridine rings is 1. The minimum absolute atomic E-state index is 0.0466. The van der Waals surface area contributed by atoms with Gasteiger partial charge in [0, 0.05) is 32.4 Å². The van der Waals surface area contributed by atoms with Crippen molar-refractivity contribution < 1.29 is 14.3 Å². The molecule has 0 radical (unpaired) electrons. The molecule has 0 aliphatic carbocycles. The second kappa shape index (κ2) is 6.19. The third-order valence-electron chi connectivity index (χ3n) is 3.66. The van der Waals surface area contributed by atoms with Gasteiger partial charge in [-0.2, -0.15) is 0 Å². The maximum atomic E-state index is 12.3. The number of ether oxygens (including phenoxy) is 2. The van der Waals surface area contributed by atoms with E-state index in [0.29, 0.717) is 32.9 Å². The number of piperazine rings is 1. The highest BCUT2D eigenvalue weighted by atomic mass is 16.6. The van der Waals surface area contributed by atoms with Crippen LogP contribution >= 0.6 is 0 Å². The van der Waals surface area contributed by atoms with Crippen molar-refractivity contribution in [3.05, 3.63) is 24.4 Å². The van der Waals surface area contributed by atoms with E-state index >= 15 is 0 Å². The number of hydrogen-bond acceptors (Lipinski definition) is 5. The number of hydrogen-bond donors (Lipinski definition) is 0. The highest BCUT2D eigenvalue weighted by molar-refractivity contribution is 5.81. The van der Waals surface area contributed by atoms with Crippen molar-refractivity contribution in [3.8, 4) is 0 Å². The van der Waals surface area contributed by atoms with Gasteiger partial charge in [0.25, 0.3) is 5.91 Å². The van der Waals surface area contributed by atoms with E-state index in [1.54, 1.807) is 6.20 Å². The lowest BCUT2D eigenvalue weighted by Gasteiger charge is -2.37. The average Bonchev–Trinajstić information content (AvgIpc) is 2.56. The van der Waals surface area contributed by atoms with Gasteiger partial charge in [0.15, 0.2) is 6.10 Å². The number of aromatic nitrogens is 1. The van der Waals surface area contributed by atoms with E-state index in [9.17, 15) is 4.79 Å². The molecule has 1 unspecified atom stereocenters. The summed E-state index contributed by atoms with van der Waals surface area (Å²) < 4.78 is 10.8. The Morgan fingerprint density at radius 1 is 1.20 bits per heavy atom.